The van der Waals surface area contributed by atoms with E-state index >= 15 is 0 Å². The number of fused-ring (bicyclic) bond motifs is 1. The maximum absolute atomic E-state index is 12.9. The molecule has 168 valence electrons. The summed E-state index contributed by atoms with van der Waals surface area (Å²) in [6, 6.07) is 18.3. The van der Waals surface area contributed by atoms with Crippen molar-refractivity contribution < 1.29 is 4.79 Å². The van der Waals surface area contributed by atoms with Crippen LogP contribution in [0.5, 0.6) is 0 Å². The normalized spacial score (nSPS) is 14.0. The number of H-pyrrole nitrogens is 1. The molecule has 4 aromatic rings. The Morgan fingerprint density at radius 1 is 1.00 bits per heavy atom. The van der Waals surface area contributed by atoms with Gasteiger partial charge in [0.15, 0.2) is 0 Å². The van der Waals surface area contributed by atoms with Gasteiger partial charge in [-0.2, -0.15) is 4.98 Å². The molecule has 1 saturated heterocycles. The Morgan fingerprint density at radius 3 is 2.55 bits per heavy atom. The molecule has 0 spiro atoms. The fourth-order valence-corrected chi connectivity index (χ4v) is 4.27. The lowest BCUT2D eigenvalue weighted by atomic mass is 10.1. The molecule has 1 amide bonds. The number of nitrogens with one attached hydrogen (secondary N) is 2. The molecule has 2 aromatic heterocycles. The fourth-order valence-electron chi connectivity index (χ4n) is 4.27. The summed E-state index contributed by atoms with van der Waals surface area (Å²) >= 11 is 0. The van der Waals surface area contributed by atoms with E-state index in [9.17, 15) is 4.79 Å². The van der Waals surface area contributed by atoms with Crippen LogP contribution < -0.4 is 10.2 Å². The highest BCUT2D eigenvalue weighted by Crippen LogP contribution is 2.22. The number of piperazine rings is 1. The number of hydrogen-bond donors (Lipinski definition) is 2. The van der Waals surface area contributed by atoms with Crippen LogP contribution in [-0.2, 0) is 11.2 Å². The molecule has 7 heteroatoms. The Bertz CT molecular complexity index is 1270. The minimum atomic E-state index is 0.167. The molecular weight excluding hydrogens is 412 g/mol. The number of hydrogen-bond acceptors (Lipinski definition) is 5. The Morgan fingerprint density at radius 2 is 1.76 bits per heavy atom. The van der Waals surface area contributed by atoms with Crippen LogP contribution in [-0.4, -0.2) is 51.9 Å². The van der Waals surface area contributed by atoms with Gasteiger partial charge in [-0.3, -0.25) is 4.79 Å². The van der Waals surface area contributed by atoms with Gasteiger partial charge in [-0.05, 0) is 37.6 Å². The van der Waals surface area contributed by atoms with Crippen molar-refractivity contribution in [1.29, 1.82) is 0 Å². The zero-order valence-corrected chi connectivity index (χ0v) is 19.0. The van der Waals surface area contributed by atoms with Crippen LogP contribution in [0.4, 0.5) is 17.5 Å². The molecule has 1 aliphatic rings. The quantitative estimate of drug-likeness (QED) is 0.486. The number of aryl methyl sites for hydroxylation is 2. The lowest BCUT2D eigenvalue weighted by Crippen LogP contribution is -2.49. The smallest absolute Gasteiger partial charge is 0.229 e. The molecule has 1 aliphatic heterocycles. The Labute approximate surface area is 193 Å². The Kier molecular flexibility index (Phi) is 5.69. The number of nitrogens with zero attached hydrogens (tertiary/aromatic N) is 4. The van der Waals surface area contributed by atoms with Crippen molar-refractivity contribution in [3.63, 3.8) is 0 Å². The third-order valence-corrected chi connectivity index (χ3v) is 6.12. The molecule has 0 saturated carbocycles. The largest absolute Gasteiger partial charge is 0.361 e. The van der Waals surface area contributed by atoms with Crippen LogP contribution in [0.1, 0.15) is 16.8 Å². The number of carbonyl (C=O) groups is 1. The minimum Gasteiger partial charge on any atom is -0.361 e. The molecule has 1 fully saturated rings. The molecule has 2 N–H and O–H groups in total. The minimum absolute atomic E-state index is 0.167. The number of amides is 1. The van der Waals surface area contributed by atoms with Gasteiger partial charge in [0.2, 0.25) is 11.9 Å². The van der Waals surface area contributed by atoms with E-state index in [2.05, 4.69) is 45.3 Å². The molecule has 2 aromatic carbocycles. The van der Waals surface area contributed by atoms with Crippen LogP contribution in [0.2, 0.25) is 0 Å². The van der Waals surface area contributed by atoms with Crippen molar-refractivity contribution in [1.82, 2.24) is 19.9 Å². The van der Waals surface area contributed by atoms with Crippen LogP contribution >= 0.6 is 0 Å². The summed E-state index contributed by atoms with van der Waals surface area (Å²) in [5.74, 6) is 1.65. The highest BCUT2D eigenvalue weighted by molar-refractivity contribution is 5.89. The fraction of sp³-hybridized carbons (Fsp3) is 0.269. The summed E-state index contributed by atoms with van der Waals surface area (Å²) < 4.78 is 0. The van der Waals surface area contributed by atoms with Gasteiger partial charge in [-0.1, -0.05) is 35.9 Å². The van der Waals surface area contributed by atoms with E-state index in [1.807, 2.05) is 54.4 Å². The van der Waals surface area contributed by atoms with Crippen molar-refractivity contribution >= 4 is 34.3 Å². The lowest BCUT2D eigenvalue weighted by Gasteiger charge is -2.35. The number of carbonyl (C=O) groups excluding carboxylic acids is 1. The van der Waals surface area contributed by atoms with E-state index < -0.39 is 0 Å². The van der Waals surface area contributed by atoms with Gasteiger partial charge < -0.3 is 20.1 Å². The first-order valence-electron chi connectivity index (χ1n) is 11.3. The summed E-state index contributed by atoms with van der Waals surface area (Å²) in [5, 5.41) is 4.42. The topological polar surface area (TPSA) is 77.2 Å². The van der Waals surface area contributed by atoms with E-state index in [0.717, 1.165) is 46.8 Å². The second-order valence-corrected chi connectivity index (χ2v) is 8.59. The van der Waals surface area contributed by atoms with Gasteiger partial charge in [-0.25, -0.2) is 4.98 Å². The van der Waals surface area contributed by atoms with E-state index in [1.165, 1.54) is 5.56 Å². The number of benzene rings is 2. The van der Waals surface area contributed by atoms with Gasteiger partial charge in [0.1, 0.15) is 5.82 Å². The average Bonchev–Trinajstić information content (AvgIpc) is 3.23. The molecule has 0 atom stereocenters. The Hall–Kier alpha value is -3.87. The van der Waals surface area contributed by atoms with E-state index in [4.69, 9.17) is 4.98 Å². The Balaban J connectivity index is 1.23. The highest BCUT2D eigenvalue weighted by Gasteiger charge is 2.23. The van der Waals surface area contributed by atoms with Crippen molar-refractivity contribution in [2.75, 3.05) is 36.4 Å². The average molecular weight is 441 g/mol. The molecule has 0 unspecified atom stereocenters. The van der Waals surface area contributed by atoms with E-state index in [0.29, 0.717) is 25.5 Å². The molecule has 0 aliphatic carbocycles. The second-order valence-electron chi connectivity index (χ2n) is 8.59. The number of aromatic amines is 1. The number of para-hydroxylation sites is 1. The SMILES string of the molecule is Cc1ccc(Nc2nc(C)cc(N3CCN(C(=O)Cc4c[nH]c5ccccc45)CC3)n2)cc1. The van der Waals surface area contributed by atoms with Crippen molar-refractivity contribution in [3.05, 3.63) is 77.6 Å². The third-order valence-electron chi connectivity index (χ3n) is 6.12. The molecule has 3 heterocycles. The summed E-state index contributed by atoms with van der Waals surface area (Å²) in [6.07, 6.45) is 2.37. The van der Waals surface area contributed by atoms with Crippen molar-refractivity contribution in [2.24, 2.45) is 0 Å². The van der Waals surface area contributed by atoms with E-state index in [1.54, 1.807) is 0 Å². The van der Waals surface area contributed by atoms with E-state index in [-0.39, 0.29) is 5.91 Å². The summed E-state index contributed by atoms with van der Waals surface area (Å²) in [7, 11) is 0. The molecular formula is C26H28N6O. The monoisotopic (exact) mass is 440 g/mol. The highest BCUT2D eigenvalue weighted by atomic mass is 16.2. The summed E-state index contributed by atoms with van der Waals surface area (Å²) in [5.41, 5.74) is 5.20. The van der Waals surface area contributed by atoms with Crippen LogP contribution in [0.3, 0.4) is 0 Å². The van der Waals surface area contributed by atoms with Crippen LogP contribution in [0, 0.1) is 13.8 Å². The zero-order chi connectivity index (χ0) is 22.8. The molecule has 5 rings (SSSR count). The maximum atomic E-state index is 12.9. The van der Waals surface area contributed by atoms with Crippen LogP contribution in [0.25, 0.3) is 10.9 Å². The number of aromatic nitrogens is 3. The second kappa shape index (κ2) is 8.94. The number of rotatable bonds is 5. The molecule has 33 heavy (non-hydrogen) atoms. The van der Waals surface area contributed by atoms with Crippen molar-refractivity contribution in [3.8, 4) is 0 Å². The predicted octanol–water partition coefficient (Wildman–Crippen LogP) is 4.21. The lowest BCUT2D eigenvalue weighted by molar-refractivity contribution is -0.130. The van der Waals surface area contributed by atoms with Gasteiger partial charge in [0.05, 0.1) is 6.42 Å². The zero-order valence-electron chi connectivity index (χ0n) is 19.0. The van der Waals surface area contributed by atoms with Crippen LogP contribution in [0.15, 0.2) is 60.8 Å². The standard InChI is InChI=1S/C26H28N6O/c1-18-7-9-21(10-8-18)29-26-28-19(2)15-24(30-26)31-11-13-32(14-12-31)25(33)16-20-17-27-23-6-4-3-5-22(20)23/h3-10,15,17,27H,11-14,16H2,1-2H3,(H,28,29,30). The summed E-state index contributed by atoms with van der Waals surface area (Å²) in [6.45, 7) is 6.92. The molecule has 0 radical (unpaired) electrons. The van der Waals surface area contributed by atoms with Gasteiger partial charge in [0, 0.05) is 60.7 Å². The molecule has 7 nitrogen and oxygen atoms in total. The number of anilines is 3. The first kappa shape index (κ1) is 21.0. The molecule has 0 bridgehead atoms. The first-order chi connectivity index (χ1) is 16.0. The van der Waals surface area contributed by atoms with Crippen molar-refractivity contribution in [2.45, 2.75) is 20.3 Å². The third kappa shape index (κ3) is 4.67. The maximum Gasteiger partial charge on any atom is 0.229 e. The van der Waals surface area contributed by atoms with Gasteiger partial charge >= 0.3 is 0 Å². The van der Waals surface area contributed by atoms with Gasteiger partial charge in [0.25, 0.3) is 0 Å². The van der Waals surface area contributed by atoms with Gasteiger partial charge in [-0.15, -0.1) is 0 Å². The summed E-state index contributed by atoms with van der Waals surface area (Å²) in [4.78, 5) is 29.7. The predicted molar refractivity (Wildman–Crippen MR) is 132 cm³/mol. The first-order valence-corrected chi connectivity index (χ1v) is 11.3.